The summed E-state index contributed by atoms with van der Waals surface area (Å²) < 4.78 is 85.9. The lowest BCUT2D eigenvalue weighted by atomic mass is 10.4. The molecule has 1 rings (SSSR count). The largest absolute Gasteiger partial charge is 0.743 e. The average Bonchev–Trinajstić information content (AvgIpc) is 2.27. The van der Waals surface area contributed by atoms with Crippen molar-refractivity contribution >= 4 is 10.1 Å². The molecular formula is C10H12F5NO3S. The predicted octanol–water partition coefficient (Wildman–Crippen LogP) is 1.99. The maximum absolute atomic E-state index is 11.4. The van der Waals surface area contributed by atoms with Crippen LogP contribution in [0.2, 0.25) is 0 Å². The summed E-state index contributed by atoms with van der Waals surface area (Å²) in [4.78, 5) is 0. The third kappa shape index (κ3) is 4.67. The molecule has 0 spiro atoms. The monoisotopic (exact) mass is 321 g/mol. The van der Waals surface area contributed by atoms with Crippen molar-refractivity contribution in [2.24, 2.45) is 0 Å². The van der Waals surface area contributed by atoms with Crippen LogP contribution in [0.25, 0.3) is 0 Å². The fourth-order valence-electron chi connectivity index (χ4n) is 1.06. The number of halogens is 5. The molecule has 4 nitrogen and oxygen atoms in total. The molecule has 0 aliphatic rings. The number of hydrogen-bond acceptors (Lipinski definition) is 3. The molecule has 10 heteroatoms. The topological polar surface area (TPSA) is 61.1 Å². The lowest BCUT2D eigenvalue weighted by Gasteiger charge is -2.21. The van der Waals surface area contributed by atoms with Crippen LogP contribution >= 0.6 is 0 Å². The standard InChI is InChI=1S/C8H12N.C2HF5O3S/c1-3-9-7-5-4-6-8(9)2;3-1(4,5)2(6,7)11(8,9)10/h4-7H,3H2,1-2H3;(H,8,9,10)/q+1;/p-1. The molecule has 0 N–H and O–H groups in total. The van der Waals surface area contributed by atoms with Crippen molar-refractivity contribution in [3.05, 3.63) is 30.1 Å². The van der Waals surface area contributed by atoms with Gasteiger partial charge in [0.1, 0.15) is 6.54 Å². The summed E-state index contributed by atoms with van der Waals surface area (Å²) in [6.45, 7) is 5.32. The highest BCUT2D eigenvalue weighted by atomic mass is 32.2. The van der Waals surface area contributed by atoms with E-state index in [1.165, 1.54) is 5.69 Å². The first-order valence-electron chi connectivity index (χ1n) is 5.19. The number of hydrogen-bond donors (Lipinski definition) is 0. The SMILES string of the molecule is CC[n+]1ccccc1C.O=S(=O)([O-])C(F)(F)C(F)(F)F. The molecule has 20 heavy (non-hydrogen) atoms. The molecule has 1 heterocycles. The van der Waals surface area contributed by atoms with Crippen molar-refractivity contribution < 1.29 is 39.5 Å². The van der Waals surface area contributed by atoms with E-state index < -0.39 is 21.5 Å². The van der Waals surface area contributed by atoms with E-state index in [2.05, 4.69) is 42.8 Å². The maximum Gasteiger partial charge on any atom is 0.468 e. The highest BCUT2D eigenvalue weighted by molar-refractivity contribution is 7.86. The zero-order valence-corrected chi connectivity index (χ0v) is 11.3. The van der Waals surface area contributed by atoms with E-state index in [4.69, 9.17) is 0 Å². The number of pyridine rings is 1. The first kappa shape index (κ1) is 18.7. The molecule has 1 aromatic rings. The van der Waals surface area contributed by atoms with Gasteiger partial charge in [0, 0.05) is 19.1 Å². The van der Waals surface area contributed by atoms with E-state index in [0.717, 1.165) is 6.54 Å². The minimum absolute atomic E-state index is 1.06. The Balaban J connectivity index is 0.000000367. The molecule has 0 atom stereocenters. The van der Waals surface area contributed by atoms with E-state index in [-0.39, 0.29) is 0 Å². The Morgan fingerprint density at radius 3 is 1.90 bits per heavy atom. The third-order valence-electron chi connectivity index (χ3n) is 2.15. The van der Waals surface area contributed by atoms with Gasteiger partial charge in [-0.2, -0.15) is 22.0 Å². The van der Waals surface area contributed by atoms with E-state index in [1.54, 1.807) is 0 Å². The summed E-state index contributed by atoms with van der Waals surface area (Å²) in [6, 6.07) is 6.22. The van der Waals surface area contributed by atoms with Gasteiger partial charge < -0.3 is 4.55 Å². The van der Waals surface area contributed by atoms with Crippen molar-refractivity contribution in [3.63, 3.8) is 0 Å². The zero-order valence-electron chi connectivity index (χ0n) is 10.5. The van der Waals surface area contributed by atoms with Crippen molar-refractivity contribution in [1.82, 2.24) is 0 Å². The Hall–Kier alpha value is -1.29. The van der Waals surface area contributed by atoms with Gasteiger partial charge in [0.2, 0.25) is 0 Å². The molecule has 0 saturated heterocycles. The van der Waals surface area contributed by atoms with Gasteiger partial charge in [-0.05, 0) is 6.92 Å². The van der Waals surface area contributed by atoms with Crippen LogP contribution in [0.1, 0.15) is 12.6 Å². The lowest BCUT2D eigenvalue weighted by molar-refractivity contribution is -0.699. The first-order valence-corrected chi connectivity index (χ1v) is 6.60. The Kier molecular flexibility index (Phi) is 6.02. The highest BCUT2D eigenvalue weighted by Gasteiger charge is 2.63. The highest BCUT2D eigenvalue weighted by Crippen LogP contribution is 2.38. The van der Waals surface area contributed by atoms with E-state index >= 15 is 0 Å². The summed E-state index contributed by atoms with van der Waals surface area (Å²) in [5.74, 6) is 0. The molecule has 0 aromatic carbocycles. The molecule has 0 radical (unpaired) electrons. The maximum atomic E-state index is 11.4. The molecule has 0 unspecified atom stereocenters. The molecule has 116 valence electrons. The second-order valence-electron chi connectivity index (χ2n) is 3.60. The number of aromatic nitrogens is 1. The number of aryl methyl sites for hydroxylation is 2. The van der Waals surface area contributed by atoms with Crippen LogP contribution in [0, 0.1) is 6.92 Å². The molecule has 0 aliphatic heterocycles. The van der Waals surface area contributed by atoms with Gasteiger partial charge in [-0.1, -0.05) is 6.07 Å². The minimum Gasteiger partial charge on any atom is -0.743 e. The second-order valence-corrected chi connectivity index (χ2v) is 5.02. The van der Waals surface area contributed by atoms with E-state index in [9.17, 15) is 34.9 Å². The van der Waals surface area contributed by atoms with Crippen LogP contribution in [-0.4, -0.2) is 24.4 Å². The van der Waals surface area contributed by atoms with Gasteiger partial charge in [-0.25, -0.2) is 13.0 Å². The van der Waals surface area contributed by atoms with Crippen LogP contribution in [0.5, 0.6) is 0 Å². The van der Waals surface area contributed by atoms with Gasteiger partial charge in [0.25, 0.3) is 0 Å². The Bertz CT molecular complexity index is 542. The van der Waals surface area contributed by atoms with Gasteiger partial charge >= 0.3 is 11.4 Å². The van der Waals surface area contributed by atoms with E-state index in [0.29, 0.717) is 0 Å². The Morgan fingerprint density at radius 1 is 1.20 bits per heavy atom. The van der Waals surface area contributed by atoms with Crippen molar-refractivity contribution in [1.29, 1.82) is 0 Å². The third-order valence-corrected chi connectivity index (χ3v) is 3.01. The van der Waals surface area contributed by atoms with Crippen molar-refractivity contribution in [2.45, 2.75) is 31.8 Å². The quantitative estimate of drug-likeness (QED) is 0.475. The molecule has 1 aromatic heterocycles. The average molecular weight is 321 g/mol. The molecular weight excluding hydrogens is 309 g/mol. The summed E-state index contributed by atoms with van der Waals surface area (Å²) in [7, 11) is -6.67. The van der Waals surface area contributed by atoms with Crippen LogP contribution in [0.4, 0.5) is 22.0 Å². The summed E-state index contributed by atoms with van der Waals surface area (Å²) >= 11 is 0. The normalized spacial score (nSPS) is 12.6. The molecule has 0 aliphatic carbocycles. The Morgan fingerprint density at radius 2 is 1.70 bits per heavy atom. The van der Waals surface area contributed by atoms with Gasteiger partial charge in [-0.15, -0.1) is 0 Å². The smallest absolute Gasteiger partial charge is 0.468 e. The van der Waals surface area contributed by atoms with Crippen LogP contribution in [-0.2, 0) is 16.7 Å². The fraction of sp³-hybridized carbons (Fsp3) is 0.500. The summed E-state index contributed by atoms with van der Waals surface area (Å²) in [5, 5.41) is -6.21. The second kappa shape index (κ2) is 6.44. The van der Waals surface area contributed by atoms with Gasteiger partial charge in [0.05, 0.1) is 0 Å². The molecule has 0 bridgehead atoms. The number of rotatable bonds is 2. The molecule has 0 fully saturated rings. The number of nitrogens with zero attached hydrogens (tertiary/aromatic N) is 1. The fourth-order valence-corrected chi connectivity index (χ4v) is 1.34. The Labute approximate surface area is 112 Å². The first-order chi connectivity index (χ1) is 8.84. The number of alkyl halides is 5. The van der Waals surface area contributed by atoms with Gasteiger partial charge in [0.15, 0.2) is 22.0 Å². The predicted molar refractivity (Wildman–Crippen MR) is 57.7 cm³/mol. The van der Waals surface area contributed by atoms with Gasteiger partial charge in [-0.3, -0.25) is 0 Å². The zero-order chi connectivity index (χ0) is 16.2. The van der Waals surface area contributed by atoms with Crippen LogP contribution in [0.3, 0.4) is 0 Å². The lowest BCUT2D eigenvalue weighted by Crippen LogP contribution is -2.43. The van der Waals surface area contributed by atoms with Crippen LogP contribution in [0.15, 0.2) is 24.4 Å². The molecule has 0 amide bonds. The minimum atomic E-state index is -6.67. The summed E-state index contributed by atoms with van der Waals surface area (Å²) in [5.41, 5.74) is 1.32. The van der Waals surface area contributed by atoms with E-state index in [1.807, 2.05) is 0 Å². The van der Waals surface area contributed by atoms with Crippen molar-refractivity contribution in [3.8, 4) is 0 Å². The molecule has 0 saturated carbocycles. The summed E-state index contributed by atoms with van der Waals surface area (Å²) in [6.07, 6.45) is -4.26. The van der Waals surface area contributed by atoms with Crippen LogP contribution < -0.4 is 4.57 Å². The van der Waals surface area contributed by atoms with Crippen molar-refractivity contribution in [2.75, 3.05) is 0 Å².